The summed E-state index contributed by atoms with van der Waals surface area (Å²) in [6, 6.07) is 86.9. The number of hydrogen-bond donors (Lipinski definition) is 0. The van der Waals surface area contributed by atoms with E-state index < -0.39 is 0 Å². The van der Waals surface area contributed by atoms with Crippen LogP contribution in [-0.4, -0.2) is 15.8 Å². The molecule has 0 fully saturated rings. The van der Waals surface area contributed by atoms with Gasteiger partial charge in [0.25, 0.3) is 6.71 Å². The molecule has 4 nitrogen and oxygen atoms in total. The zero-order valence-electron chi connectivity index (χ0n) is 35.4. The molecule has 2 aliphatic heterocycles. The summed E-state index contributed by atoms with van der Waals surface area (Å²) in [6.45, 7) is -0.0284. The van der Waals surface area contributed by atoms with Gasteiger partial charge in [-0.3, -0.25) is 0 Å². The van der Waals surface area contributed by atoms with E-state index in [9.17, 15) is 0 Å². The maximum absolute atomic E-state index is 2.60. The standard InChI is InChI=1S/C60H39BN4/c1-5-20-40(21-6-1)41-22-19-29-45(36-41)64-52-33-16-13-30-47(52)49-39-51-60-57(59(49)64)48-31-14-17-34-53(48)65(60)56-38-46(62(42-23-7-2-8-24-42)43-25-9-3-10-26-43)37-55-58(56)61(51)50-32-15-18-35-54(50)63(55)44-27-11-4-12-28-44/h1-39H. The maximum Gasteiger partial charge on any atom is 0.252 e. The molecular weight excluding hydrogens is 787 g/mol. The fraction of sp³-hybridized carbons (Fsp3) is 0. The van der Waals surface area contributed by atoms with Crippen LogP contribution in [0.5, 0.6) is 0 Å². The summed E-state index contributed by atoms with van der Waals surface area (Å²) < 4.78 is 5.13. The number of fused-ring (bicyclic) bond motifs is 11. The minimum Gasteiger partial charge on any atom is -0.311 e. The third kappa shape index (κ3) is 5.21. The van der Waals surface area contributed by atoms with Crippen molar-refractivity contribution >= 4 is 101 Å². The first kappa shape index (κ1) is 36.0. The molecule has 0 N–H and O–H groups in total. The number of anilines is 6. The van der Waals surface area contributed by atoms with Gasteiger partial charge in [-0.1, -0.05) is 158 Å². The van der Waals surface area contributed by atoms with E-state index in [1.165, 1.54) is 88.2 Å². The van der Waals surface area contributed by atoms with Crippen LogP contribution in [0.1, 0.15) is 0 Å². The molecule has 0 atom stereocenters. The largest absolute Gasteiger partial charge is 0.311 e. The van der Waals surface area contributed by atoms with E-state index in [-0.39, 0.29) is 6.71 Å². The van der Waals surface area contributed by atoms with Gasteiger partial charge in [0.05, 0.1) is 27.8 Å². The van der Waals surface area contributed by atoms with Gasteiger partial charge in [0, 0.05) is 61.4 Å². The topological polar surface area (TPSA) is 16.3 Å². The zero-order valence-corrected chi connectivity index (χ0v) is 35.4. The first-order valence-corrected chi connectivity index (χ1v) is 22.5. The van der Waals surface area contributed by atoms with E-state index in [4.69, 9.17) is 0 Å². The summed E-state index contributed by atoms with van der Waals surface area (Å²) in [6.07, 6.45) is 0. The summed E-state index contributed by atoms with van der Waals surface area (Å²) in [4.78, 5) is 4.91. The van der Waals surface area contributed by atoms with Crippen molar-refractivity contribution < 1.29 is 0 Å². The molecule has 0 saturated heterocycles. The second-order valence-corrected chi connectivity index (χ2v) is 17.3. The molecule has 14 rings (SSSR count). The van der Waals surface area contributed by atoms with Crippen molar-refractivity contribution in [1.29, 1.82) is 0 Å². The van der Waals surface area contributed by atoms with Crippen molar-refractivity contribution in [2.75, 3.05) is 9.80 Å². The second kappa shape index (κ2) is 14.0. The normalized spacial score (nSPS) is 12.6. The van der Waals surface area contributed by atoms with Crippen LogP contribution >= 0.6 is 0 Å². The van der Waals surface area contributed by atoms with Crippen LogP contribution in [0, 0.1) is 0 Å². The van der Waals surface area contributed by atoms with Crippen molar-refractivity contribution in [3.8, 4) is 22.5 Å². The van der Waals surface area contributed by atoms with Crippen molar-refractivity contribution in [2.45, 2.75) is 0 Å². The van der Waals surface area contributed by atoms with Crippen LogP contribution in [0.4, 0.5) is 34.1 Å². The average molecular weight is 827 g/mol. The number of benzene rings is 10. The highest BCUT2D eigenvalue weighted by Gasteiger charge is 2.43. The molecule has 0 bridgehead atoms. The Morgan fingerprint density at radius 3 is 1.65 bits per heavy atom. The van der Waals surface area contributed by atoms with Gasteiger partial charge in [0.15, 0.2) is 0 Å². The van der Waals surface area contributed by atoms with Gasteiger partial charge in [0.1, 0.15) is 0 Å². The number of hydrogen-bond acceptors (Lipinski definition) is 2. The van der Waals surface area contributed by atoms with E-state index in [0.717, 1.165) is 28.4 Å². The molecule has 10 aromatic carbocycles. The third-order valence-electron chi connectivity index (χ3n) is 13.8. The summed E-state index contributed by atoms with van der Waals surface area (Å²) in [5.41, 5.74) is 20.4. The Balaban J connectivity index is 1.16. The summed E-state index contributed by atoms with van der Waals surface area (Å²) in [5.74, 6) is 0. The predicted octanol–water partition coefficient (Wildman–Crippen LogP) is 13.6. The van der Waals surface area contributed by atoms with Crippen LogP contribution < -0.4 is 26.2 Å². The van der Waals surface area contributed by atoms with Crippen molar-refractivity contribution in [2.24, 2.45) is 0 Å². The van der Waals surface area contributed by atoms with E-state index in [1.54, 1.807) is 0 Å². The smallest absolute Gasteiger partial charge is 0.252 e. The Morgan fingerprint density at radius 2 is 0.908 bits per heavy atom. The van der Waals surface area contributed by atoms with Gasteiger partial charge in [-0.2, -0.15) is 0 Å². The lowest BCUT2D eigenvalue weighted by Gasteiger charge is -2.41. The summed E-state index contributed by atoms with van der Waals surface area (Å²) in [5, 5.41) is 5.03. The van der Waals surface area contributed by atoms with Crippen LogP contribution in [-0.2, 0) is 0 Å². The molecule has 0 spiro atoms. The highest BCUT2D eigenvalue weighted by molar-refractivity contribution is 7.00. The van der Waals surface area contributed by atoms with E-state index >= 15 is 0 Å². The number of rotatable bonds is 6. The lowest BCUT2D eigenvalue weighted by atomic mass is 9.33. The lowest BCUT2D eigenvalue weighted by molar-refractivity contribution is 1.16. The molecule has 12 aromatic rings. The minimum absolute atomic E-state index is 0.0284. The van der Waals surface area contributed by atoms with Gasteiger partial charge in [0.2, 0.25) is 0 Å². The quantitative estimate of drug-likeness (QED) is 0.155. The van der Waals surface area contributed by atoms with Crippen LogP contribution in [0.15, 0.2) is 237 Å². The number of para-hydroxylation sites is 6. The van der Waals surface area contributed by atoms with E-state index in [2.05, 4.69) is 256 Å². The molecule has 4 heterocycles. The fourth-order valence-electron chi connectivity index (χ4n) is 11.2. The molecular formula is C60H39BN4. The molecule has 0 radical (unpaired) electrons. The zero-order chi connectivity index (χ0) is 42.6. The van der Waals surface area contributed by atoms with Crippen molar-refractivity contribution in [1.82, 2.24) is 9.13 Å². The molecule has 0 amide bonds. The third-order valence-corrected chi connectivity index (χ3v) is 13.8. The van der Waals surface area contributed by atoms with Crippen LogP contribution in [0.3, 0.4) is 0 Å². The monoisotopic (exact) mass is 826 g/mol. The van der Waals surface area contributed by atoms with Crippen LogP contribution in [0.2, 0.25) is 0 Å². The van der Waals surface area contributed by atoms with Gasteiger partial charge in [-0.25, -0.2) is 0 Å². The molecule has 2 aromatic heterocycles. The Morgan fingerprint density at radius 1 is 0.338 bits per heavy atom. The van der Waals surface area contributed by atoms with Crippen molar-refractivity contribution in [3.63, 3.8) is 0 Å². The highest BCUT2D eigenvalue weighted by atomic mass is 15.2. The molecule has 0 aliphatic carbocycles. The van der Waals surface area contributed by atoms with E-state index in [1.807, 2.05) is 0 Å². The Bertz CT molecular complexity index is 3800. The number of aromatic nitrogens is 2. The Kier molecular flexibility index (Phi) is 7.75. The Labute approximate surface area is 377 Å². The molecule has 65 heavy (non-hydrogen) atoms. The molecule has 0 unspecified atom stereocenters. The minimum atomic E-state index is -0.0284. The second-order valence-electron chi connectivity index (χ2n) is 17.3. The van der Waals surface area contributed by atoms with Gasteiger partial charge >= 0.3 is 0 Å². The van der Waals surface area contributed by atoms with Crippen LogP contribution in [0.25, 0.3) is 66.1 Å². The average Bonchev–Trinajstić information content (AvgIpc) is 3.90. The maximum atomic E-state index is 2.60. The number of nitrogens with zero attached hydrogens (tertiary/aromatic N) is 4. The highest BCUT2D eigenvalue weighted by Crippen LogP contribution is 2.48. The van der Waals surface area contributed by atoms with Gasteiger partial charge in [-0.05, 0) is 106 Å². The Hall–Kier alpha value is -8.54. The first-order chi connectivity index (χ1) is 32.3. The molecule has 302 valence electrons. The van der Waals surface area contributed by atoms with Crippen molar-refractivity contribution in [3.05, 3.63) is 237 Å². The van der Waals surface area contributed by atoms with Gasteiger partial charge in [-0.15, -0.1) is 0 Å². The first-order valence-electron chi connectivity index (χ1n) is 22.5. The van der Waals surface area contributed by atoms with E-state index in [0.29, 0.717) is 0 Å². The molecule has 5 heteroatoms. The lowest BCUT2D eigenvalue weighted by Crippen LogP contribution is -2.60. The SMILES string of the molecule is c1ccc(-c2cccc(-n3c4ccccc4c4cc5c6c(c7ccccc7n6-c6cc(N(c7ccccc7)c7ccccc7)cc7c6B5c5ccccc5N7c5ccccc5)c43)c2)cc1. The summed E-state index contributed by atoms with van der Waals surface area (Å²) in [7, 11) is 0. The van der Waals surface area contributed by atoms with Gasteiger partial charge < -0.3 is 18.9 Å². The molecule has 2 aliphatic rings. The molecule has 0 saturated carbocycles. The predicted molar refractivity (Wildman–Crippen MR) is 275 cm³/mol. The summed E-state index contributed by atoms with van der Waals surface area (Å²) >= 11 is 0. The fourth-order valence-corrected chi connectivity index (χ4v) is 11.2.